The van der Waals surface area contributed by atoms with Gasteiger partial charge in [0, 0.05) is 5.56 Å². The van der Waals surface area contributed by atoms with Crippen LogP contribution in [-0.4, -0.2) is 23.4 Å². The second-order valence-electron chi connectivity index (χ2n) is 4.70. The molecule has 112 valence electrons. The quantitative estimate of drug-likeness (QED) is 0.628. The molecule has 1 aliphatic heterocycles. The molecular weight excluding hydrogens is 338 g/mol. The van der Waals surface area contributed by atoms with Gasteiger partial charge in [-0.05, 0) is 46.1 Å². The minimum absolute atomic E-state index is 0.114. The summed E-state index contributed by atoms with van der Waals surface area (Å²) in [5, 5.41) is 12.0. The largest absolute Gasteiger partial charge is 0.492 e. The van der Waals surface area contributed by atoms with Crippen LogP contribution in [0, 0.1) is 0 Å². The molecule has 1 aromatic rings. The summed E-state index contributed by atoms with van der Waals surface area (Å²) in [5.74, 6) is 0.0758. The summed E-state index contributed by atoms with van der Waals surface area (Å²) in [6.07, 6.45) is 2.35. The second-order valence-corrected chi connectivity index (χ2v) is 5.56. The number of Topliss-reactive ketones (excluding diaryl/α,β-unsaturated/α-hetero) is 1. The molecule has 0 aliphatic carbocycles. The minimum atomic E-state index is -0.296. The van der Waals surface area contributed by atoms with Gasteiger partial charge in [0.1, 0.15) is 5.75 Å². The lowest BCUT2D eigenvalue weighted by Crippen LogP contribution is -2.12. The lowest BCUT2D eigenvalue weighted by Gasteiger charge is -2.13. The van der Waals surface area contributed by atoms with Crippen molar-refractivity contribution in [1.29, 1.82) is 0 Å². The van der Waals surface area contributed by atoms with Gasteiger partial charge in [0.05, 0.1) is 29.8 Å². The maximum Gasteiger partial charge on any atom is 0.232 e. The molecule has 0 saturated carbocycles. The molecule has 1 aromatic carbocycles. The van der Waals surface area contributed by atoms with E-state index in [-0.39, 0.29) is 30.4 Å². The first-order valence-electron chi connectivity index (χ1n) is 6.66. The highest BCUT2D eigenvalue weighted by atomic mass is 79.9. The minimum Gasteiger partial charge on any atom is -0.492 e. The Labute approximate surface area is 131 Å². The first kappa shape index (κ1) is 15.7. The van der Waals surface area contributed by atoms with Gasteiger partial charge in [0.15, 0.2) is 5.78 Å². The normalized spacial score (nSPS) is 16.4. The summed E-state index contributed by atoms with van der Waals surface area (Å²) in [6.45, 7) is 2.38. The van der Waals surface area contributed by atoms with Gasteiger partial charge in [0.2, 0.25) is 5.91 Å². The lowest BCUT2D eigenvalue weighted by molar-refractivity contribution is -0.121. The SMILES string of the molecule is CCCOc1c(Br)cc(/C=C2\NC(=O)CC2=O)cc1CO. The number of benzene rings is 1. The molecule has 1 fully saturated rings. The molecular formula is C15H16BrNO4. The number of ketones is 1. The highest BCUT2D eigenvalue weighted by Gasteiger charge is 2.24. The van der Waals surface area contributed by atoms with Gasteiger partial charge >= 0.3 is 0 Å². The standard InChI is InChI=1S/C15H16BrNO4/c1-2-3-21-15-10(8-18)4-9(5-11(15)16)6-12-13(19)7-14(20)17-12/h4-6,18H,2-3,7-8H2,1H3,(H,17,20)/b12-6-. The number of carbonyl (C=O) groups excluding carboxylic acids is 2. The molecule has 0 radical (unpaired) electrons. The monoisotopic (exact) mass is 353 g/mol. The van der Waals surface area contributed by atoms with Crippen molar-refractivity contribution in [2.24, 2.45) is 0 Å². The fraction of sp³-hybridized carbons (Fsp3) is 0.333. The number of allylic oxidation sites excluding steroid dienone is 1. The van der Waals surface area contributed by atoms with Crippen molar-refractivity contribution >= 4 is 33.7 Å². The number of hydrogen-bond donors (Lipinski definition) is 2. The second kappa shape index (κ2) is 6.87. The van der Waals surface area contributed by atoms with Gasteiger partial charge in [-0.15, -0.1) is 0 Å². The van der Waals surface area contributed by atoms with Gasteiger partial charge in [0.25, 0.3) is 0 Å². The van der Waals surface area contributed by atoms with Crippen molar-refractivity contribution in [3.8, 4) is 5.75 Å². The maximum atomic E-state index is 11.6. The van der Waals surface area contributed by atoms with E-state index in [0.717, 1.165) is 6.42 Å². The van der Waals surface area contributed by atoms with Crippen molar-refractivity contribution in [3.05, 3.63) is 33.4 Å². The zero-order chi connectivity index (χ0) is 15.4. The summed E-state index contributed by atoms with van der Waals surface area (Å²) in [6, 6.07) is 3.52. The number of rotatable bonds is 5. The zero-order valence-electron chi connectivity index (χ0n) is 11.6. The van der Waals surface area contributed by atoms with Crippen LogP contribution >= 0.6 is 15.9 Å². The Bertz CT molecular complexity index is 610. The molecule has 0 spiro atoms. The van der Waals surface area contributed by atoms with E-state index in [4.69, 9.17) is 4.74 Å². The first-order chi connectivity index (χ1) is 10.0. The number of nitrogens with one attached hydrogen (secondary N) is 1. The number of halogens is 1. The van der Waals surface area contributed by atoms with Crippen LogP contribution in [0.1, 0.15) is 30.9 Å². The van der Waals surface area contributed by atoms with Gasteiger partial charge in [-0.25, -0.2) is 0 Å². The van der Waals surface area contributed by atoms with Crippen LogP contribution < -0.4 is 10.1 Å². The van der Waals surface area contributed by atoms with Crippen molar-refractivity contribution in [3.63, 3.8) is 0 Å². The van der Waals surface area contributed by atoms with E-state index >= 15 is 0 Å². The molecule has 2 rings (SSSR count). The topological polar surface area (TPSA) is 75.6 Å². The molecule has 2 N–H and O–H groups in total. The Kier molecular flexibility index (Phi) is 5.14. The molecule has 1 saturated heterocycles. The van der Waals surface area contributed by atoms with Crippen LogP contribution in [0.4, 0.5) is 0 Å². The van der Waals surface area contributed by atoms with E-state index in [9.17, 15) is 14.7 Å². The highest BCUT2D eigenvalue weighted by Crippen LogP contribution is 2.32. The van der Waals surface area contributed by atoms with E-state index in [1.807, 2.05) is 6.92 Å². The Morgan fingerprint density at radius 1 is 1.43 bits per heavy atom. The molecule has 0 atom stereocenters. The summed E-state index contributed by atoms with van der Waals surface area (Å²) in [4.78, 5) is 22.8. The molecule has 1 heterocycles. The van der Waals surface area contributed by atoms with Crippen molar-refractivity contribution < 1.29 is 19.4 Å². The molecule has 6 heteroatoms. The number of carbonyl (C=O) groups is 2. The van der Waals surface area contributed by atoms with E-state index in [2.05, 4.69) is 21.2 Å². The summed E-state index contributed by atoms with van der Waals surface area (Å²) < 4.78 is 6.31. The third kappa shape index (κ3) is 3.71. The van der Waals surface area contributed by atoms with Crippen molar-refractivity contribution in [2.75, 3.05) is 6.61 Å². The summed E-state index contributed by atoms with van der Waals surface area (Å²) in [7, 11) is 0. The third-order valence-electron chi connectivity index (χ3n) is 2.97. The lowest BCUT2D eigenvalue weighted by atomic mass is 10.1. The maximum absolute atomic E-state index is 11.6. The Morgan fingerprint density at radius 3 is 2.76 bits per heavy atom. The average Bonchev–Trinajstić information content (AvgIpc) is 2.75. The third-order valence-corrected chi connectivity index (χ3v) is 3.56. The van der Waals surface area contributed by atoms with E-state index < -0.39 is 0 Å². The molecule has 0 unspecified atom stereocenters. The number of hydrogen-bond acceptors (Lipinski definition) is 4. The van der Waals surface area contributed by atoms with Crippen LogP contribution in [0.2, 0.25) is 0 Å². The number of ether oxygens (including phenoxy) is 1. The zero-order valence-corrected chi connectivity index (χ0v) is 13.2. The number of amides is 1. The molecule has 0 bridgehead atoms. The van der Waals surface area contributed by atoms with Crippen LogP contribution in [0.3, 0.4) is 0 Å². The fourth-order valence-corrected chi connectivity index (χ4v) is 2.66. The molecule has 1 amide bonds. The van der Waals surface area contributed by atoms with Gasteiger partial charge in [-0.2, -0.15) is 0 Å². The van der Waals surface area contributed by atoms with Crippen LogP contribution in [0.25, 0.3) is 6.08 Å². The fourth-order valence-electron chi connectivity index (χ4n) is 2.03. The highest BCUT2D eigenvalue weighted by molar-refractivity contribution is 9.10. The average molecular weight is 354 g/mol. The Hall–Kier alpha value is -1.66. The van der Waals surface area contributed by atoms with E-state index in [1.54, 1.807) is 18.2 Å². The number of aliphatic hydroxyl groups excluding tert-OH is 1. The summed E-state index contributed by atoms with van der Waals surface area (Å²) >= 11 is 3.41. The van der Waals surface area contributed by atoms with Crippen molar-refractivity contribution in [1.82, 2.24) is 5.32 Å². The van der Waals surface area contributed by atoms with Crippen LogP contribution in [0.15, 0.2) is 22.3 Å². The van der Waals surface area contributed by atoms with Crippen molar-refractivity contribution in [2.45, 2.75) is 26.4 Å². The molecule has 1 aliphatic rings. The van der Waals surface area contributed by atoms with Gasteiger partial charge < -0.3 is 15.2 Å². The van der Waals surface area contributed by atoms with E-state index in [0.29, 0.717) is 28.0 Å². The summed E-state index contributed by atoms with van der Waals surface area (Å²) in [5.41, 5.74) is 1.61. The van der Waals surface area contributed by atoms with Crippen LogP contribution in [-0.2, 0) is 16.2 Å². The predicted molar refractivity (Wildman–Crippen MR) is 81.6 cm³/mol. The van der Waals surface area contributed by atoms with Gasteiger partial charge in [-0.3, -0.25) is 9.59 Å². The predicted octanol–water partition coefficient (Wildman–Crippen LogP) is 2.16. The molecule has 0 aromatic heterocycles. The Balaban J connectivity index is 2.34. The number of aliphatic hydroxyl groups is 1. The Morgan fingerprint density at radius 2 is 2.19 bits per heavy atom. The molecule has 5 nitrogen and oxygen atoms in total. The van der Waals surface area contributed by atoms with Gasteiger partial charge in [-0.1, -0.05) is 6.92 Å². The first-order valence-corrected chi connectivity index (χ1v) is 7.45. The van der Waals surface area contributed by atoms with Crippen LogP contribution in [0.5, 0.6) is 5.75 Å². The van der Waals surface area contributed by atoms with E-state index in [1.165, 1.54) is 0 Å². The molecule has 21 heavy (non-hydrogen) atoms. The smallest absolute Gasteiger partial charge is 0.232 e.